The number of H-pyrrole nitrogens is 1. The number of rotatable bonds is 3. The quantitative estimate of drug-likeness (QED) is 0.504. The predicted octanol–water partition coefficient (Wildman–Crippen LogP) is 0.948. The van der Waals surface area contributed by atoms with Crippen LogP contribution < -0.4 is 0 Å². The maximum absolute atomic E-state index is 12.2. The summed E-state index contributed by atoms with van der Waals surface area (Å²) in [6.07, 6.45) is 1.38. The zero-order valence-electron chi connectivity index (χ0n) is 11.0. The smallest absolute Gasteiger partial charge is 0.321 e. The molecule has 1 aromatic heterocycles. The molecule has 0 bridgehead atoms. The number of amides is 1. The Balaban J connectivity index is 2.08. The molecule has 0 radical (unpaired) electrons. The Labute approximate surface area is 114 Å². The van der Waals surface area contributed by atoms with Crippen molar-refractivity contribution < 1.29 is 19.2 Å². The van der Waals surface area contributed by atoms with Crippen LogP contribution in [0.1, 0.15) is 23.3 Å². The molecule has 1 amide bonds. The molecule has 1 aromatic rings. The van der Waals surface area contributed by atoms with Crippen molar-refractivity contribution >= 4 is 17.7 Å². The molecule has 8 heteroatoms. The molecule has 8 nitrogen and oxygen atoms in total. The molecule has 108 valence electrons. The number of hydrogen-bond donors (Lipinski definition) is 1. The van der Waals surface area contributed by atoms with Gasteiger partial charge in [-0.1, -0.05) is 0 Å². The van der Waals surface area contributed by atoms with E-state index < -0.39 is 4.92 Å². The van der Waals surface area contributed by atoms with Crippen LogP contribution in [0.25, 0.3) is 0 Å². The Hall–Kier alpha value is -2.38. The number of ether oxygens (including phenoxy) is 1. The lowest BCUT2D eigenvalue weighted by Crippen LogP contribution is -2.42. The van der Waals surface area contributed by atoms with Crippen molar-refractivity contribution in [1.82, 2.24) is 9.88 Å². The number of carbonyl (C=O) groups is 2. The van der Waals surface area contributed by atoms with Gasteiger partial charge in [-0.3, -0.25) is 9.59 Å². The van der Waals surface area contributed by atoms with Crippen LogP contribution in [0.5, 0.6) is 0 Å². The maximum atomic E-state index is 12.2. The number of likely N-dealkylation sites (tertiary alicyclic amines) is 1. The molecule has 0 aliphatic carbocycles. The topological polar surface area (TPSA) is 106 Å². The average molecular weight is 281 g/mol. The molecule has 0 saturated carbocycles. The predicted molar refractivity (Wildman–Crippen MR) is 68.1 cm³/mol. The number of carbonyl (C=O) groups excluding carboxylic acids is 2. The first kappa shape index (κ1) is 14.0. The second-order valence-corrected chi connectivity index (χ2v) is 4.63. The number of methoxy groups -OCH3 is 1. The molecule has 1 saturated heterocycles. The first-order chi connectivity index (χ1) is 9.52. The monoisotopic (exact) mass is 281 g/mol. The summed E-state index contributed by atoms with van der Waals surface area (Å²) in [4.78, 5) is 37.7. The van der Waals surface area contributed by atoms with Gasteiger partial charge in [-0.15, -0.1) is 0 Å². The van der Waals surface area contributed by atoms with Gasteiger partial charge in [-0.05, 0) is 23.8 Å². The van der Waals surface area contributed by atoms with Crippen LogP contribution in [0.4, 0.5) is 5.82 Å². The summed E-state index contributed by atoms with van der Waals surface area (Å²) in [5.74, 6) is -1.23. The van der Waals surface area contributed by atoms with Crippen molar-refractivity contribution in [3.63, 3.8) is 0 Å². The third-order valence-electron chi connectivity index (χ3n) is 3.34. The second-order valence-electron chi connectivity index (χ2n) is 4.63. The first-order valence-electron chi connectivity index (χ1n) is 6.23. The lowest BCUT2D eigenvalue weighted by molar-refractivity contribution is -0.389. The van der Waals surface area contributed by atoms with E-state index >= 15 is 0 Å². The summed E-state index contributed by atoms with van der Waals surface area (Å²) in [6, 6.07) is 2.62. The Morgan fingerprint density at radius 3 is 2.85 bits per heavy atom. The largest absolute Gasteiger partial charge is 0.469 e. The highest BCUT2D eigenvalue weighted by molar-refractivity contribution is 5.93. The van der Waals surface area contributed by atoms with E-state index in [0.717, 1.165) is 0 Å². The summed E-state index contributed by atoms with van der Waals surface area (Å²) in [6.45, 7) is 0.803. The Morgan fingerprint density at radius 1 is 1.50 bits per heavy atom. The van der Waals surface area contributed by atoms with Crippen LogP contribution in [-0.4, -0.2) is 46.9 Å². The molecule has 1 N–H and O–H groups in total. The molecule has 0 spiro atoms. The lowest BCUT2D eigenvalue weighted by atomic mass is 9.98. The van der Waals surface area contributed by atoms with Gasteiger partial charge in [0.15, 0.2) is 5.69 Å². The molecule has 1 atom stereocenters. The van der Waals surface area contributed by atoms with E-state index in [1.807, 2.05) is 0 Å². The van der Waals surface area contributed by atoms with Crippen LogP contribution in [0.15, 0.2) is 12.1 Å². The summed E-state index contributed by atoms with van der Waals surface area (Å²) >= 11 is 0. The van der Waals surface area contributed by atoms with Crippen LogP contribution in [0, 0.1) is 16.0 Å². The number of hydrogen-bond acceptors (Lipinski definition) is 5. The van der Waals surface area contributed by atoms with Crippen LogP contribution in [-0.2, 0) is 9.53 Å². The van der Waals surface area contributed by atoms with Gasteiger partial charge in [0, 0.05) is 19.2 Å². The van der Waals surface area contributed by atoms with Gasteiger partial charge in [-0.2, -0.15) is 0 Å². The van der Waals surface area contributed by atoms with E-state index in [1.165, 1.54) is 24.1 Å². The van der Waals surface area contributed by atoms with Gasteiger partial charge < -0.3 is 19.8 Å². The molecule has 1 aliphatic rings. The minimum atomic E-state index is -0.593. The fourth-order valence-electron chi connectivity index (χ4n) is 2.31. The van der Waals surface area contributed by atoms with Gasteiger partial charge in [0.2, 0.25) is 0 Å². The van der Waals surface area contributed by atoms with Gasteiger partial charge in [0.25, 0.3) is 5.91 Å². The summed E-state index contributed by atoms with van der Waals surface area (Å²) < 4.78 is 4.69. The Bertz CT molecular complexity index is 539. The third-order valence-corrected chi connectivity index (χ3v) is 3.34. The minimum absolute atomic E-state index is 0.155. The van der Waals surface area contributed by atoms with E-state index in [1.54, 1.807) is 0 Å². The lowest BCUT2D eigenvalue weighted by Gasteiger charge is -2.30. The minimum Gasteiger partial charge on any atom is -0.469 e. The molecule has 1 aliphatic heterocycles. The highest BCUT2D eigenvalue weighted by Gasteiger charge is 2.31. The van der Waals surface area contributed by atoms with Crippen molar-refractivity contribution in [2.45, 2.75) is 12.8 Å². The second kappa shape index (κ2) is 5.72. The van der Waals surface area contributed by atoms with E-state index in [2.05, 4.69) is 9.72 Å². The number of nitrogens with one attached hydrogen (secondary N) is 1. The van der Waals surface area contributed by atoms with E-state index in [0.29, 0.717) is 19.4 Å². The zero-order chi connectivity index (χ0) is 14.7. The number of nitrogens with zero attached hydrogens (tertiary/aromatic N) is 2. The molecule has 1 fully saturated rings. The van der Waals surface area contributed by atoms with Crippen molar-refractivity contribution in [2.75, 3.05) is 20.2 Å². The highest BCUT2D eigenvalue weighted by Crippen LogP contribution is 2.20. The van der Waals surface area contributed by atoms with Crippen LogP contribution in [0.2, 0.25) is 0 Å². The molecule has 20 heavy (non-hydrogen) atoms. The molecular weight excluding hydrogens is 266 g/mol. The summed E-state index contributed by atoms with van der Waals surface area (Å²) in [5.41, 5.74) is 0.155. The summed E-state index contributed by atoms with van der Waals surface area (Å²) in [7, 11) is 1.32. The number of nitro groups is 1. The maximum Gasteiger partial charge on any atom is 0.321 e. The van der Waals surface area contributed by atoms with Gasteiger partial charge in [0.1, 0.15) is 0 Å². The number of esters is 1. The molecular formula is C12H15N3O5. The molecule has 2 heterocycles. The van der Waals surface area contributed by atoms with Crippen LogP contribution >= 0.6 is 0 Å². The first-order valence-corrected chi connectivity index (χ1v) is 6.23. The standard InChI is InChI=1S/C12H15N3O5/c1-20-12(17)8-3-2-6-14(7-8)11(16)9-4-5-10(13-9)15(18)19/h4-5,8,13H,2-3,6-7H2,1H3/t8-/m0/s1. The molecule has 0 unspecified atom stereocenters. The SMILES string of the molecule is COC(=O)[C@H]1CCCN(C(=O)c2ccc([N+](=O)[O-])[nH]2)C1. The van der Waals surface area contributed by atoms with Gasteiger partial charge >= 0.3 is 11.8 Å². The van der Waals surface area contributed by atoms with Gasteiger partial charge in [-0.25, -0.2) is 4.98 Å². The highest BCUT2D eigenvalue weighted by atomic mass is 16.6. The van der Waals surface area contributed by atoms with E-state index in [-0.39, 0.29) is 35.9 Å². The number of aromatic nitrogens is 1. The van der Waals surface area contributed by atoms with Crippen molar-refractivity contribution in [1.29, 1.82) is 0 Å². The molecule has 2 rings (SSSR count). The van der Waals surface area contributed by atoms with Crippen molar-refractivity contribution in [3.8, 4) is 0 Å². The fraction of sp³-hybridized carbons (Fsp3) is 0.500. The average Bonchev–Trinajstić information content (AvgIpc) is 2.95. The normalized spacial score (nSPS) is 18.6. The van der Waals surface area contributed by atoms with E-state index in [9.17, 15) is 19.7 Å². The zero-order valence-corrected chi connectivity index (χ0v) is 11.0. The number of piperidine rings is 1. The Kier molecular flexibility index (Phi) is 4.02. The third kappa shape index (κ3) is 2.79. The van der Waals surface area contributed by atoms with Crippen molar-refractivity contribution in [3.05, 3.63) is 27.9 Å². The fourth-order valence-corrected chi connectivity index (χ4v) is 2.31. The Morgan fingerprint density at radius 2 is 2.25 bits per heavy atom. The van der Waals surface area contributed by atoms with E-state index in [4.69, 9.17) is 0 Å². The number of aromatic amines is 1. The summed E-state index contributed by atoms with van der Waals surface area (Å²) in [5, 5.41) is 10.6. The molecule has 0 aromatic carbocycles. The van der Waals surface area contributed by atoms with Crippen molar-refractivity contribution in [2.24, 2.45) is 5.92 Å². The van der Waals surface area contributed by atoms with Crippen LogP contribution in [0.3, 0.4) is 0 Å². The van der Waals surface area contributed by atoms with Gasteiger partial charge in [0.05, 0.1) is 13.0 Å².